The van der Waals surface area contributed by atoms with E-state index in [0.717, 1.165) is 18.8 Å². The van der Waals surface area contributed by atoms with Crippen molar-refractivity contribution in [2.45, 2.75) is 26.3 Å². The summed E-state index contributed by atoms with van der Waals surface area (Å²) in [5.74, 6) is 1.57. The average Bonchev–Trinajstić information content (AvgIpc) is 2.86. The van der Waals surface area contributed by atoms with Crippen LogP contribution in [0.5, 0.6) is 5.75 Å². The molecule has 0 fully saturated rings. The molecular weight excluding hydrogens is 240 g/mol. The fourth-order valence-corrected chi connectivity index (χ4v) is 1.99. The summed E-state index contributed by atoms with van der Waals surface area (Å²) in [6.07, 6.45) is 5.00. The maximum atomic E-state index is 12.2. The smallest absolute Gasteiger partial charge is 0.170 e. The van der Waals surface area contributed by atoms with E-state index in [1.54, 1.807) is 25.4 Å². The molecule has 0 aliphatic rings. The summed E-state index contributed by atoms with van der Waals surface area (Å²) in [7, 11) is 1.59. The first-order chi connectivity index (χ1) is 9.24. The van der Waals surface area contributed by atoms with Crippen LogP contribution in [0.3, 0.4) is 0 Å². The van der Waals surface area contributed by atoms with Crippen molar-refractivity contribution in [2.75, 3.05) is 7.11 Å². The van der Waals surface area contributed by atoms with Crippen molar-refractivity contribution >= 4 is 5.78 Å². The van der Waals surface area contributed by atoms with Crippen LogP contribution in [-0.4, -0.2) is 22.4 Å². The van der Waals surface area contributed by atoms with Gasteiger partial charge in [0.2, 0.25) is 0 Å². The van der Waals surface area contributed by atoms with Gasteiger partial charge in [-0.15, -0.1) is 0 Å². The lowest BCUT2D eigenvalue weighted by atomic mass is 10.1. The van der Waals surface area contributed by atoms with Crippen molar-refractivity contribution in [3.05, 3.63) is 48.0 Å². The monoisotopic (exact) mass is 258 g/mol. The summed E-state index contributed by atoms with van der Waals surface area (Å²) in [5, 5.41) is 0. The third-order valence-corrected chi connectivity index (χ3v) is 2.98. The largest absolute Gasteiger partial charge is 0.497 e. The lowest BCUT2D eigenvalue weighted by Gasteiger charge is -2.06. The van der Waals surface area contributed by atoms with E-state index in [9.17, 15) is 4.79 Å². The molecule has 0 atom stereocenters. The fourth-order valence-electron chi connectivity index (χ4n) is 1.99. The second-order valence-electron chi connectivity index (χ2n) is 4.37. The molecule has 0 amide bonds. The highest BCUT2D eigenvalue weighted by Crippen LogP contribution is 2.14. The zero-order valence-electron chi connectivity index (χ0n) is 11.3. The standard InChI is InChI=1S/C15H18N2O2/c1-3-8-17-9-7-16-15(17)11-14(18)12-5-4-6-13(10-12)19-2/h4-7,9-10H,3,8,11H2,1-2H3. The molecule has 19 heavy (non-hydrogen) atoms. The van der Waals surface area contributed by atoms with Gasteiger partial charge < -0.3 is 9.30 Å². The number of hydrogen-bond acceptors (Lipinski definition) is 3. The van der Waals surface area contributed by atoms with Gasteiger partial charge in [0.1, 0.15) is 11.6 Å². The van der Waals surface area contributed by atoms with E-state index < -0.39 is 0 Å². The van der Waals surface area contributed by atoms with Crippen LogP contribution in [0.25, 0.3) is 0 Å². The molecule has 1 heterocycles. The van der Waals surface area contributed by atoms with E-state index >= 15 is 0 Å². The molecule has 100 valence electrons. The Labute approximate surface area is 113 Å². The van der Waals surface area contributed by atoms with E-state index in [4.69, 9.17) is 4.74 Å². The molecule has 2 rings (SSSR count). The zero-order chi connectivity index (χ0) is 13.7. The number of carbonyl (C=O) groups excluding carboxylic acids is 1. The highest BCUT2D eigenvalue weighted by atomic mass is 16.5. The molecular formula is C15H18N2O2. The number of ether oxygens (including phenoxy) is 1. The molecule has 4 heteroatoms. The van der Waals surface area contributed by atoms with E-state index in [-0.39, 0.29) is 5.78 Å². The Morgan fingerprint density at radius 1 is 1.42 bits per heavy atom. The molecule has 0 N–H and O–H groups in total. The lowest BCUT2D eigenvalue weighted by molar-refractivity contribution is 0.0989. The van der Waals surface area contributed by atoms with Gasteiger partial charge >= 0.3 is 0 Å². The molecule has 0 bridgehead atoms. The van der Waals surface area contributed by atoms with Gasteiger partial charge in [-0.05, 0) is 18.6 Å². The number of aryl methyl sites for hydroxylation is 1. The van der Waals surface area contributed by atoms with Gasteiger partial charge in [0.25, 0.3) is 0 Å². The summed E-state index contributed by atoms with van der Waals surface area (Å²) in [4.78, 5) is 16.5. The van der Waals surface area contributed by atoms with Crippen LogP contribution < -0.4 is 4.74 Å². The molecule has 0 radical (unpaired) electrons. The molecule has 0 saturated carbocycles. The number of aromatic nitrogens is 2. The van der Waals surface area contributed by atoms with Crippen molar-refractivity contribution in [3.63, 3.8) is 0 Å². The average molecular weight is 258 g/mol. The second-order valence-corrected chi connectivity index (χ2v) is 4.37. The van der Waals surface area contributed by atoms with E-state index in [1.807, 2.05) is 22.9 Å². The Morgan fingerprint density at radius 3 is 3.00 bits per heavy atom. The van der Waals surface area contributed by atoms with Gasteiger partial charge in [-0.25, -0.2) is 4.98 Å². The molecule has 4 nitrogen and oxygen atoms in total. The number of ketones is 1. The van der Waals surface area contributed by atoms with Crippen LogP contribution >= 0.6 is 0 Å². The second kappa shape index (κ2) is 6.18. The maximum absolute atomic E-state index is 12.2. The van der Waals surface area contributed by atoms with Crippen LogP contribution in [0.2, 0.25) is 0 Å². The number of methoxy groups -OCH3 is 1. The van der Waals surface area contributed by atoms with Crippen LogP contribution in [0.1, 0.15) is 29.5 Å². The van der Waals surface area contributed by atoms with Crippen LogP contribution in [0.4, 0.5) is 0 Å². The minimum atomic E-state index is 0.0578. The highest BCUT2D eigenvalue weighted by Gasteiger charge is 2.11. The molecule has 0 spiro atoms. The van der Waals surface area contributed by atoms with Crippen LogP contribution in [-0.2, 0) is 13.0 Å². The van der Waals surface area contributed by atoms with Crippen molar-refractivity contribution in [2.24, 2.45) is 0 Å². The topological polar surface area (TPSA) is 44.1 Å². The third-order valence-electron chi connectivity index (χ3n) is 2.98. The summed E-state index contributed by atoms with van der Waals surface area (Å²) < 4.78 is 7.16. The number of rotatable bonds is 6. The van der Waals surface area contributed by atoms with Gasteiger partial charge in [0.15, 0.2) is 5.78 Å². The molecule has 0 saturated heterocycles. The molecule has 0 unspecified atom stereocenters. The predicted octanol–water partition coefficient (Wildman–Crippen LogP) is 2.73. The normalized spacial score (nSPS) is 10.4. The minimum Gasteiger partial charge on any atom is -0.497 e. The first-order valence-electron chi connectivity index (χ1n) is 6.42. The summed E-state index contributed by atoms with van der Waals surface area (Å²) in [6, 6.07) is 7.22. The fraction of sp³-hybridized carbons (Fsp3) is 0.333. The molecule has 1 aromatic carbocycles. The van der Waals surface area contributed by atoms with Crippen molar-refractivity contribution in [1.82, 2.24) is 9.55 Å². The summed E-state index contributed by atoms with van der Waals surface area (Å²) in [6.45, 7) is 2.99. The molecule has 0 aliphatic heterocycles. The van der Waals surface area contributed by atoms with Crippen LogP contribution in [0.15, 0.2) is 36.7 Å². The first kappa shape index (κ1) is 13.3. The zero-order valence-corrected chi connectivity index (χ0v) is 11.3. The first-order valence-corrected chi connectivity index (χ1v) is 6.42. The SMILES string of the molecule is CCCn1ccnc1CC(=O)c1cccc(OC)c1. The number of nitrogens with zero attached hydrogens (tertiary/aromatic N) is 2. The molecule has 1 aromatic heterocycles. The number of Topliss-reactive ketones (excluding diaryl/α,β-unsaturated/α-hetero) is 1. The van der Waals surface area contributed by atoms with Crippen molar-refractivity contribution in [3.8, 4) is 5.75 Å². The van der Waals surface area contributed by atoms with Gasteiger partial charge in [-0.1, -0.05) is 19.1 Å². The third kappa shape index (κ3) is 3.22. The van der Waals surface area contributed by atoms with E-state index in [0.29, 0.717) is 17.7 Å². The van der Waals surface area contributed by atoms with Crippen LogP contribution in [0, 0.1) is 0 Å². The quantitative estimate of drug-likeness (QED) is 0.748. The summed E-state index contributed by atoms with van der Waals surface area (Å²) >= 11 is 0. The Bertz CT molecular complexity index is 561. The Hall–Kier alpha value is -2.10. The maximum Gasteiger partial charge on any atom is 0.170 e. The number of benzene rings is 1. The Morgan fingerprint density at radius 2 is 2.26 bits per heavy atom. The highest BCUT2D eigenvalue weighted by molar-refractivity contribution is 5.97. The van der Waals surface area contributed by atoms with Gasteiger partial charge in [0.05, 0.1) is 13.5 Å². The van der Waals surface area contributed by atoms with Gasteiger partial charge in [-0.2, -0.15) is 0 Å². The number of carbonyl (C=O) groups is 1. The van der Waals surface area contributed by atoms with Crippen molar-refractivity contribution in [1.29, 1.82) is 0 Å². The molecule has 2 aromatic rings. The van der Waals surface area contributed by atoms with Crippen molar-refractivity contribution < 1.29 is 9.53 Å². The number of imidazole rings is 1. The van der Waals surface area contributed by atoms with Gasteiger partial charge in [0, 0.05) is 24.5 Å². The predicted molar refractivity (Wildman–Crippen MR) is 73.5 cm³/mol. The number of hydrogen-bond donors (Lipinski definition) is 0. The minimum absolute atomic E-state index is 0.0578. The Balaban J connectivity index is 2.13. The van der Waals surface area contributed by atoms with Gasteiger partial charge in [-0.3, -0.25) is 4.79 Å². The Kier molecular flexibility index (Phi) is 4.34. The lowest BCUT2D eigenvalue weighted by Crippen LogP contribution is -2.10. The molecule has 0 aliphatic carbocycles. The van der Waals surface area contributed by atoms with E-state index in [1.165, 1.54) is 0 Å². The summed E-state index contributed by atoms with van der Waals surface area (Å²) in [5.41, 5.74) is 0.658. The van der Waals surface area contributed by atoms with E-state index in [2.05, 4.69) is 11.9 Å².